The van der Waals surface area contributed by atoms with E-state index in [0.717, 1.165) is 0 Å². The Kier molecular flexibility index (Phi) is 7.03. The number of carbonyl (C=O) groups is 1. The van der Waals surface area contributed by atoms with Gasteiger partial charge in [-0.1, -0.05) is 0 Å². The van der Waals surface area contributed by atoms with Gasteiger partial charge < -0.3 is 10.6 Å². The molecule has 0 radical (unpaired) electrons. The molecular formula is C14H21BrClN3O3S. The van der Waals surface area contributed by atoms with Crippen LogP contribution in [0.3, 0.4) is 0 Å². The lowest BCUT2D eigenvalue weighted by atomic mass is 10.1. The molecule has 1 aromatic rings. The highest BCUT2D eigenvalue weighted by molar-refractivity contribution is 9.10. The summed E-state index contributed by atoms with van der Waals surface area (Å²) >= 11 is 3.31. The molecule has 1 saturated heterocycles. The van der Waals surface area contributed by atoms with E-state index in [4.69, 9.17) is 0 Å². The van der Waals surface area contributed by atoms with Gasteiger partial charge in [-0.25, -0.2) is 8.42 Å². The fourth-order valence-electron chi connectivity index (χ4n) is 2.45. The van der Waals surface area contributed by atoms with Crippen molar-refractivity contribution >= 4 is 50.0 Å². The Balaban J connectivity index is 0.00000264. The van der Waals surface area contributed by atoms with E-state index in [1.54, 1.807) is 6.07 Å². The maximum atomic E-state index is 12.8. The van der Waals surface area contributed by atoms with Crippen molar-refractivity contribution in [2.24, 2.45) is 0 Å². The average molecular weight is 427 g/mol. The minimum absolute atomic E-state index is 0. The smallest absolute Gasteiger partial charge is 0.243 e. The number of rotatable bonds is 3. The number of hydrogen-bond donors (Lipinski definition) is 2. The topological polar surface area (TPSA) is 78.5 Å². The zero-order chi connectivity index (χ0) is 16.5. The minimum atomic E-state index is -3.56. The molecule has 2 N–H and O–H groups in total. The van der Waals surface area contributed by atoms with Crippen LogP contribution >= 0.6 is 28.3 Å². The molecule has 1 amide bonds. The maximum Gasteiger partial charge on any atom is 0.243 e. The second-order valence-electron chi connectivity index (χ2n) is 5.42. The Morgan fingerprint density at radius 2 is 2.04 bits per heavy atom. The minimum Gasteiger partial charge on any atom is -0.325 e. The molecule has 23 heavy (non-hydrogen) atoms. The third kappa shape index (κ3) is 4.45. The molecule has 0 aromatic heterocycles. The number of amides is 1. The van der Waals surface area contributed by atoms with E-state index in [-0.39, 0.29) is 35.3 Å². The predicted octanol–water partition coefficient (Wildman–Crippen LogP) is 2.20. The summed E-state index contributed by atoms with van der Waals surface area (Å²) in [5.74, 6) is -0.208. The van der Waals surface area contributed by atoms with E-state index in [0.29, 0.717) is 23.2 Å². The summed E-state index contributed by atoms with van der Waals surface area (Å²) in [5, 5.41) is 5.91. The summed E-state index contributed by atoms with van der Waals surface area (Å²) in [6, 6.07) is 4.62. The van der Waals surface area contributed by atoms with Crippen molar-refractivity contribution in [3.63, 3.8) is 0 Å². The molecule has 2 unspecified atom stereocenters. The van der Waals surface area contributed by atoms with Crippen molar-refractivity contribution in [2.45, 2.75) is 37.8 Å². The SMILES string of the molecule is CC(=O)Nc1ccc(S(=O)(=O)N2CCNC(C)C2C)cc1Br.Cl. The standard InChI is InChI=1S/C14H20BrN3O3S.ClH/c1-9-10(2)18(7-6-16-9)22(20,21)12-4-5-14(13(15)8-12)17-11(3)19;/h4-5,8-10,16H,6-7H2,1-3H3,(H,17,19);1H. The zero-order valence-corrected chi connectivity index (χ0v) is 16.4. The van der Waals surface area contributed by atoms with Crippen molar-refractivity contribution in [1.29, 1.82) is 0 Å². The average Bonchev–Trinajstić information content (AvgIpc) is 2.43. The fourth-order valence-corrected chi connectivity index (χ4v) is 4.81. The number of halogens is 2. The zero-order valence-electron chi connectivity index (χ0n) is 13.2. The molecule has 2 rings (SSSR count). The first-order valence-corrected chi connectivity index (χ1v) is 9.29. The van der Waals surface area contributed by atoms with E-state index in [1.807, 2.05) is 13.8 Å². The lowest BCUT2D eigenvalue weighted by molar-refractivity contribution is -0.114. The summed E-state index contributed by atoms with van der Waals surface area (Å²) in [5.41, 5.74) is 0.549. The summed E-state index contributed by atoms with van der Waals surface area (Å²) in [6.45, 7) is 6.35. The highest BCUT2D eigenvalue weighted by Gasteiger charge is 2.34. The molecule has 1 aromatic carbocycles. The summed E-state index contributed by atoms with van der Waals surface area (Å²) in [7, 11) is -3.56. The van der Waals surface area contributed by atoms with E-state index < -0.39 is 10.0 Å². The van der Waals surface area contributed by atoms with Crippen LogP contribution in [0.4, 0.5) is 5.69 Å². The third-order valence-electron chi connectivity index (χ3n) is 3.83. The first kappa shape index (κ1) is 20.4. The van der Waals surface area contributed by atoms with Gasteiger partial charge in [0.25, 0.3) is 0 Å². The molecule has 9 heteroatoms. The molecule has 1 fully saturated rings. The van der Waals surface area contributed by atoms with Gasteiger partial charge in [0, 0.05) is 36.6 Å². The van der Waals surface area contributed by atoms with Crippen molar-refractivity contribution < 1.29 is 13.2 Å². The Morgan fingerprint density at radius 1 is 1.39 bits per heavy atom. The van der Waals surface area contributed by atoms with Crippen molar-refractivity contribution in [3.05, 3.63) is 22.7 Å². The molecule has 1 aliphatic heterocycles. The van der Waals surface area contributed by atoms with Crippen LogP contribution in [0.1, 0.15) is 20.8 Å². The third-order valence-corrected chi connectivity index (χ3v) is 6.47. The number of piperazine rings is 1. The first-order chi connectivity index (χ1) is 10.2. The number of sulfonamides is 1. The van der Waals surface area contributed by atoms with E-state index in [9.17, 15) is 13.2 Å². The van der Waals surface area contributed by atoms with Crippen LogP contribution in [0.15, 0.2) is 27.6 Å². The first-order valence-electron chi connectivity index (χ1n) is 7.06. The van der Waals surface area contributed by atoms with Gasteiger partial charge in [0.15, 0.2) is 0 Å². The number of anilines is 1. The summed E-state index contributed by atoms with van der Waals surface area (Å²) in [4.78, 5) is 11.3. The molecular weight excluding hydrogens is 406 g/mol. The van der Waals surface area contributed by atoms with Crippen molar-refractivity contribution in [3.8, 4) is 0 Å². The molecule has 1 heterocycles. The number of nitrogens with zero attached hydrogens (tertiary/aromatic N) is 1. The van der Waals surface area contributed by atoms with Crippen LogP contribution in [0.2, 0.25) is 0 Å². The normalized spacial score (nSPS) is 22.3. The number of nitrogens with one attached hydrogen (secondary N) is 2. The van der Waals surface area contributed by atoms with Crippen LogP contribution in [0.25, 0.3) is 0 Å². The van der Waals surface area contributed by atoms with Gasteiger partial charge in [0.05, 0.1) is 10.6 Å². The Hall–Kier alpha value is -0.670. The highest BCUT2D eigenvalue weighted by atomic mass is 79.9. The molecule has 0 bridgehead atoms. The Labute approximate surface area is 151 Å². The van der Waals surface area contributed by atoms with Gasteiger partial charge in [-0.05, 0) is 48.0 Å². The Bertz CT molecular complexity index is 684. The highest BCUT2D eigenvalue weighted by Crippen LogP contribution is 2.28. The van der Waals surface area contributed by atoms with Crippen LogP contribution in [0.5, 0.6) is 0 Å². The molecule has 2 atom stereocenters. The summed E-state index contributed by atoms with van der Waals surface area (Å²) in [6.07, 6.45) is 0. The molecule has 6 nitrogen and oxygen atoms in total. The van der Waals surface area contributed by atoms with Gasteiger partial charge in [0.2, 0.25) is 15.9 Å². The lowest BCUT2D eigenvalue weighted by Gasteiger charge is -2.37. The quantitative estimate of drug-likeness (QED) is 0.777. The fraction of sp³-hybridized carbons (Fsp3) is 0.500. The second-order valence-corrected chi connectivity index (χ2v) is 8.17. The molecule has 0 saturated carbocycles. The number of benzene rings is 1. The van der Waals surface area contributed by atoms with E-state index in [2.05, 4.69) is 26.6 Å². The van der Waals surface area contributed by atoms with Gasteiger partial charge >= 0.3 is 0 Å². The van der Waals surface area contributed by atoms with Gasteiger partial charge in [-0.3, -0.25) is 4.79 Å². The Morgan fingerprint density at radius 3 is 2.61 bits per heavy atom. The van der Waals surface area contributed by atoms with Crippen molar-refractivity contribution in [1.82, 2.24) is 9.62 Å². The maximum absolute atomic E-state index is 12.8. The van der Waals surface area contributed by atoms with Crippen LogP contribution in [-0.2, 0) is 14.8 Å². The largest absolute Gasteiger partial charge is 0.325 e. The lowest BCUT2D eigenvalue weighted by Crippen LogP contribution is -2.57. The molecule has 0 aliphatic carbocycles. The molecule has 0 spiro atoms. The van der Waals surface area contributed by atoms with Gasteiger partial charge in [-0.2, -0.15) is 4.31 Å². The van der Waals surface area contributed by atoms with Crippen LogP contribution in [0, 0.1) is 0 Å². The van der Waals surface area contributed by atoms with Gasteiger partial charge in [-0.15, -0.1) is 12.4 Å². The monoisotopic (exact) mass is 425 g/mol. The summed E-state index contributed by atoms with van der Waals surface area (Å²) < 4.78 is 27.7. The number of carbonyl (C=O) groups excluding carboxylic acids is 1. The van der Waals surface area contributed by atoms with Crippen molar-refractivity contribution in [2.75, 3.05) is 18.4 Å². The van der Waals surface area contributed by atoms with E-state index >= 15 is 0 Å². The predicted molar refractivity (Wildman–Crippen MR) is 96.5 cm³/mol. The van der Waals surface area contributed by atoms with E-state index in [1.165, 1.54) is 23.4 Å². The van der Waals surface area contributed by atoms with Gasteiger partial charge in [0.1, 0.15) is 0 Å². The van der Waals surface area contributed by atoms with Crippen LogP contribution < -0.4 is 10.6 Å². The van der Waals surface area contributed by atoms with Crippen LogP contribution in [-0.4, -0.2) is 43.8 Å². The number of hydrogen-bond acceptors (Lipinski definition) is 4. The second kappa shape index (κ2) is 7.94. The molecule has 130 valence electrons. The molecule has 1 aliphatic rings.